The summed E-state index contributed by atoms with van der Waals surface area (Å²) in [5.41, 5.74) is 0. The second-order valence-electron chi connectivity index (χ2n) is 6.06. The number of hydrogen-bond acceptors (Lipinski definition) is 1. The average molecular weight is 239 g/mol. The Morgan fingerprint density at radius 1 is 0.941 bits per heavy atom. The predicted molar refractivity (Wildman–Crippen MR) is 77.4 cm³/mol. The quantitative estimate of drug-likeness (QED) is 0.695. The smallest absolute Gasteiger partial charge is 0.00696 e. The van der Waals surface area contributed by atoms with Crippen LogP contribution in [-0.4, -0.2) is 12.1 Å². The van der Waals surface area contributed by atoms with Gasteiger partial charge in [-0.05, 0) is 31.6 Å². The Bertz CT molecular complexity index is 170. The minimum Gasteiger partial charge on any atom is -0.311 e. The van der Waals surface area contributed by atoms with Gasteiger partial charge in [-0.2, -0.15) is 0 Å². The Hall–Kier alpha value is -0.0400. The van der Waals surface area contributed by atoms with Crippen molar-refractivity contribution in [1.82, 2.24) is 5.32 Å². The lowest BCUT2D eigenvalue weighted by Crippen LogP contribution is -2.39. The lowest BCUT2D eigenvalue weighted by molar-refractivity contribution is 0.310. The van der Waals surface area contributed by atoms with E-state index in [4.69, 9.17) is 0 Å². The van der Waals surface area contributed by atoms with Crippen molar-refractivity contribution >= 4 is 0 Å². The average Bonchev–Trinajstić information content (AvgIpc) is 2.30. The summed E-state index contributed by atoms with van der Waals surface area (Å²) in [6, 6.07) is 1.57. The first kappa shape index (κ1) is 15.0. The molecule has 1 N–H and O–H groups in total. The second-order valence-corrected chi connectivity index (χ2v) is 6.06. The van der Waals surface area contributed by atoms with E-state index in [0.29, 0.717) is 0 Å². The molecule has 0 aromatic carbocycles. The van der Waals surface area contributed by atoms with Crippen LogP contribution in [0.5, 0.6) is 0 Å². The maximum Gasteiger partial charge on any atom is 0.00696 e. The van der Waals surface area contributed by atoms with Gasteiger partial charge in [-0.1, -0.05) is 59.3 Å². The van der Waals surface area contributed by atoms with Crippen molar-refractivity contribution in [1.29, 1.82) is 0 Å². The third-order valence-electron chi connectivity index (χ3n) is 4.45. The fraction of sp³-hybridized carbons (Fsp3) is 1.00. The topological polar surface area (TPSA) is 12.0 Å². The highest BCUT2D eigenvalue weighted by atomic mass is 14.9. The standard InChI is InChI=1S/C16H33N/c1-4-14(3)13-15(5-2)17-16-11-9-7-6-8-10-12-16/h14-17H,4-13H2,1-3H3. The minimum atomic E-state index is 0.759. The first-order valence-electron chi connectivity index (χ1n) is 8.02. The van der Waals surface area contributed by atoms with E-state index in [9.17, 15) is 0 Å². The molecule has 0 amide bonds. The van der Waals surface area contributed by atoms with Crippen LogP contribution >= 0.6 is 0 Å². The molecule has 0 saturated heterocycles. The largest absolute Gasteiger partial charge is 0.311 e. The van der Waals surface area contributed by atoms with Crippen molar-refractivity contribution in [3.63, 3.8) is 0 Å². The normalized spacial score (nSPS) is 22.8. The summed E-state index contributed by atoms with van der Waals surface area (Å²) in [7, 11) is 0. The van der Waals surface area contributed by atoms with Gasteiger partial charge >= 0.3 is 0 Å². The van der Waals surface area contributed by atoms with Crippen molar-refractivity contribution < 1.29 is 0 Å². The maximum absolute atomic E-state index is 3.94. The van der Waals surface area contributed by atoms with Crippen molar-refractivity contribution in [3.05, 3.63) is 0 Å². The number of rotatable bonds is 6. The summed E-state index contributed by atoms with van der Waals surface area (Å²) < 4.78 is 0. The van der Waals surface area contributed by atoms with Crippen molar-refractivity contribution in [2.75, 3.05) is 0 Å². The minimum absolute atomic E-state index is 0.759. The van der Waals surface area contributed by atoms with Crippen LogP contribution in [0.4, 0.5) is 0 Å². The molecule has 17 heavy (non-hydrogen) atoms. The fourth-order valence-electron chi connectivity index (χ4n) is 2.96. The second kappa shape index (κ2) is 8.97. The van der Waals surface area contributed by atoms with Crippen molar-refractivity contribution in [3.8, 4) is 0 Å². The third kappa shape index (κ3) is 6.45. The summed E-state index contributed by atoms with van der Waals surface area (Å²) in [4.78, 5) is 0. The molecule has 2 unspecified atom stereocenters. The Labute approximate surface area is 109 Å². The van der Waals surface area contributed by atoms with E-state index < -0.39 is 0 Å². The van der Waals surface area contributed by atoms with Gasteiger partial charge in [0.1, 0.15) is 0 Å². The van der Waals surface area contributed by atoms with Gasteiger partial charge in [-0.15, -0.1) is 0 Å². The zero-order valence-corrected chi connectivity index (χ0v) is 12.3. The first-order chi connectivity index (χ1) is 8.26. The van der Waals surface area contributed by atoms with Gasteiger partial charge < -0.3 is 5.32 Å². The van der Waals surface area contributed by atoms with Gasteiger partial charge in [0.25, 0.3) is 0 Å². The SMILES string of the molecule is CCC(C)CC(CC)NC1CCCCCCC1. The lowest BCUT2D eigenvalue weighted by Gasteiger charge is -2.28. The van der Waals surface area contributed by atoms with E-state index in [2.05, 4.69) is 26.1 Å². The molecular weight excluding hydrogens is 206 g/mol. The summed E-state index contributed by atoms with van der Waals surface area (Å²) in [6.45, 7) is 7.04. The van der Waals surface area contributed by atoms with Gasteiger partial charge in [-0.3, -0.25) is 0 Å². The van der Waals surface area contributed by atoms with E-state index in [-0.39, 0.29) is 0 Å². The molecule has 1 aliphatic carbocycles. The maximum atomic E-state index is 3.94. The highest BCUT2D eigenvalue weighted by Gasteiger charge is 2.16. The van der Waals surface area contributed by atoms with Crippen LogP contribution in [0.3, 0.4) is 0 Å². The molecule has 0 aromatic rings. The van der Waals surface area contributed by atoms with Crippen molar-refractivity contribution in [2.24, 2.45) is 5.92 Å². The Kier molecular flexibility index (Phi) is 7.92. The zero-order chi connectivity index (χ0) is 12.5. The molecule has 1 saturated carbocycles. The van der Waals surface area contributed by atoms with Crippen molar-refractivity contribution in [2.45, 2.75) is 97.1 Å². The molecule has 2 atom stereocenters. The molecule has 1 heteroatoms. The van der Waals surface area contributed by atoms with Crippen LogP contribution in [0.2, 0.25) is 0 Å². The molecule has 0 aromatic heterocycles. The third-order valence-corrected chi connectivity index (χ3v) is 4.45. The molecule has 1 nitrogen and oxygen atoms in total. The van der Waals surface area contributed by atoms with E-state index in [1.165, 1.54) is 64.2 Å². The number of nitrogens with one attached hydrogen (secondary N) is 1. The molecule has 1 fully saturated rings. The van der Waals surface area contributed by atoms with Crippen LogP contribution in [0.15, 0.2) is 0 Å². The summed E-state index contributed by atoms with van der Waals surface area (Å²) in [5.74, 6) is 0.876. The lowest BCUT2D eigenvalue weighted by atomic mass is 9.93. The molecular formula is C16H33N. The molecule has 0 radical (unpaired) electrons. The first-order valence-corrected chi connectivity index (χ1v) is 8.02. The Morgan fingerprint density at radius 3 is 2.06 bits per heavy atom. The monoisotopic (exact) mass is 239 g/mol. The fourth-order valence-corrected chi connectivity index (χ4v) is 2.96. The highest BCUT2D eigenvalue weighted by Crippen LogP contribution is 2.19. The van der Waals surface area contributed by atoms with Crippen LogP contribution in [-0.2, 0) is 0 Å². The molecule has 1 rings (SSSR count). The van der Waals surface area contributed by atoms with Gasteiger partial charge in [0, 0.05) is 12.1 Å². The van der Waals surface area contributed by atoms with Crippen LogP contribution in [0.25, 0.3) is 0 Å². The van der Waals surface area contributed by atoms with E-state index in [0.717, 1.165) is 18.0 Å². The molecule has 0 heterocycles. The van der Waals surface area contributed by atoms with E-state index in [1.54, 1.807) is 0 Å². The Balaban J connectivity index is 2.31. The molecule has 0 bridgehead atoms. The summed E-state index contributed by atoms with van der Waals surface area (Å²) in [5, 5.41) is 3.94. The predicted octanol–water partition coefficient (Wildman–Crippen LogP) is 4.90. The molecule has 0 spiro atoms. The molecule has 102 valence electrons. The van der Waals surface area contributed by atoms with E-state index in [1.807, 2.05) is 0 Å². The van der Waals surface area contributed by atoms with E-state index >= 15 is 0 Å². The van der Waals surface area contributed by atoms with Gasteiger partial charge in [0.05, 0.1) is 0 Å². The van der Waals surface area contributed by atoms with Crippen LogP contribution in [0, 0.1) is 5.92 Å². The van der Waals surface area contributed by atoms with Gasteiger partial charge in [-0.25, -0.2) is 0 Å². The highest BCUT2D eigenvalue weighted by molar-refractivity contribution is 4.76. The molecule has 1 aliphatic rings. The molecule has 0 aliphatic heterocycles. The summed E-state index contributed by atoms with van der Waals surface area (Å²) in [6.07, 6.45) is 14.1. The van der Waals surface area contributed by atoms with Crippen LogP contribution < -0.4 is 5.32 Å². The number of hydrogen-bond donors (Lipinski definition) is 1. The van der Waals surface area contributed by atoms with Gasteiger partial charge in [0.2, 0.25) is 0 Å². The Morgan fingerprint density at radius 2 is 1.53 bits per heavy atom. The summed E-state index contributed by atoms with van der Waals surface area (Å²) >= 11 is 0. The zero-order valence-electron chi connectivity index (χ0n) is 12.3. The van der Waals surface area contributed by atoms with Crippen LogP contribution in [0.1, 0.15) is 85.0 Å². The van der Waals surface area contributed by atoms with Gasteiger partial charge in [0.15, 0.2) is 0 Å².